The van der Waals surface area contributed by atoms with Crippen molar-refractivity contribution in [2.24, 2.45) is 0 Å². The number of thioether (sulfide) groups is 2. The first-order valence-electron chi connectivity index (χ1n) is 7.23. The Kier molecular flexibility index (Phi) is 7.06. The summed E-state index contributed by atoms with van der Waals surface area (Å²) >= 11 is 1.63. The maximum absolute atomic E-state index is 12.3. The standard InChI is InChI=1S/C15H16F2N2O4S2/c1-23-14(22)10-7-24-11(13(21)19-10)6-12(20)18-8-2-4-9(5-3-8)25-15(16)17/h2-5,10-11,15H,6-7H2,1H3,(H,18,20)(H,19,21)/t10-,11-/m1/s1. The summed E-state index contributed by atoms with van der Waals surface area (Å²) in [7, 11) is 1.24. The van der Waals surface area contributed by atoms with Gasteiger partial charge in [-0.1, -0.05) is 11.8 Å². The summed E-state index contributed by atoms with van der Waals surface area (Å²) in [5.41, 5.74) is 0.456. The van der Waals surface area contributed by atoms with E-state index in [1.165, 1.54) is 43.1 Å². The minimum Gasteiger partial charge on any atom is -0.467 e. The molecule has 2 amide bonds. The van der Waals surface area contributed by atoms with Gasteiger partial charge in [0, 0.05) is 22.8 Å². The summed E-state index contributed by atoms with van der Waals surface area (Å²) in [5.74, 6) is -3.47. The fourth-order valence-electron chi connectivity index (χ4n) is 2.12. The van der Waals surface area contributed by atoms with Gasteiger partial charge in [-0.3, -0.25) is 9.59 Å². The molecule has 0 unspecified atom stereocenters. The number of rotatable bonds is 6. The molecule has 1 aliphatic heterocycles. The Morgan fingerprint density at radius 1 is 1.40 bits per heavy atom. The monoisotopic (exact) mass is 390 g/mol. The van der Waals surface area contributed by atoms with E-state index in [4.69, 9.17) is 0 Å². The second-order valence-corrected chi connectivity index (χ2v) is 7.36. The van der Waals surface area contributed by atoms with Crippen molar-refractivity contribution in [2.45, 2.75) is 28.4 Å². The van der Waals surface area contributed by atoms with Crippen LogP contribution in [0.25, 0.3) is 0 Å². The van der Waals surface area contributed by atoms with Crippen LogP contribution >= 0.6 is 23.5 Å². The van der Waals surface area contributed by atoms with Crippen molar-refractivity contribution in [3.05, 3.63) is 24.3 Å². The summed E-state index contributed by atoms with van der Waals surface area (Å²) in [4.78, 5) is 35.8. The summed E-state index contributed by atoms with van der Waals surface area (Å²) in [5, 5.41) is 4.54. The zero-order chi connectivity index (χ0) is 18.4. The lowest BCUT2D eigenvalue weighted by Crippen LogP contribution is -2.51. The molecule has 0 aliphatic carbocycles. The smallest absolute Gasteiger partial charge is 0.329 e. The number of carbonyl (C=O) groups excluding carboxylic acids is 3. The second-order valence-electron chi connectivity index (χ2n) is 5.06. The number of halogens is 2. The van der Waals surface area contributed by atoms with Gasteiger partial charge in [0.1, 0.15) is 6.04 Å². The third kappa shape index (κ3) is 5.89. The van der Waals surface area contributed by atoms with Crippen molar-refractivity contribution < 1.29 is 27.9 Å². The molecule has 1 fully saturated rings. The Morgan fingerprint density at radius 2 is 2.08 bits per heavy atom. The minimum absolute atomic E-state index is 0.0576. The molecule has 0 bridgehead atoms. The zero-order valence-corrected chi connectivity index (χ0v) is 14.8. The molecule has 1 saturated heterocycles. The van der Waals surface area contributed by atoms with E-state index in [2.05, 4.69) is 15.4 Å². The lowest BCUT2D eigenvalue weighted by molar-refractivity contribution is -0.144. The van der Waals surface area contributed by atoms with Gasteiger partial charge in [0.2, 0.25) is 11.8 Å². The molecule has 6 nitrogen and oxygen atoms in total. The average molecular weight is 390 g/mol. The topological polar surface area (TPSA) is 84.5 Å². The van der Waals surface area contributed by atoms with Gasteiger partial charge in [-0.15, -0.1) is 11.8 Å². The van der Waals surface area contributed by atoms with Gasteiger partial charge in [0.15, 0.2) is 0 Å². The lowest BCUT2D eigenvalue weighted by Gasteiger charge is -2.26. The molecule has 136 valence electrons. The molecular formula is C15H16F2N2O4S2. The van der Waals surface area contributed by atoms with Gasteiger partial charge >= 0.3 is 5.97 Å². The van der Waals surface area contributed by atoms with Crippen LogP contribution in [0, 0.1) is 0 Å². The number of hydrogen-bond donors (Lipinski definition) is 2. The third-order valence-corrected chi connectivity index (χ3v) is 5.32. The first-order chi connectivity index (χ1) is 11.9. The van der Waals surface area contributed by atoms with Crippen LogP contribution < -0.4 is 10.6 Å². The molecule has 1 heterocycles. The largest absolute Gasteiger partial charge is 0.467 e. The SMILES string of the molecule is COC(=O)[C@H]1CS[C@H](CC(=O)Nc2ccc(SC(F)F)cc2)C(=O)N1. The van der Waals surface area contributed by atoms with Crippen molar-refractivity contribution >= 4 is 47.0 Å². The van der Waals surface area contributed by atoms with Gasteiger partial charge in [0.05, 0.1) is 12.4 Å². The summed E-state index contributed by atoms with van der Waals surface area (Å²) in [6.45, 7) is 0. The first-order valence-corrected chi connectivity index (χ1v) is 9.16. The molecule has 2 rings (SSSR count). The van der Waals surface area contributed by atoms with Crippen molar-refractivity contribution in [1.82, 2.24) is 5.32 Å². The van der Waals surface area contributed by atoms with E-state index in [1.54, 1.807) is 0 Å². The molecule has 0 spiro atoms. The number of amides is 2. The number of alkyl halides is 2. The van der Waals surface area contributed by atoms with Crippen LogP contribution in [-0.2, 0) is 19.1 Å². The highest BCUT2D eigenvalue weighted by Crippen LogP contribution is 2.26. The van der Waals surface area contributed by atoms with Gasteiger partial charge < -0.3 is 15.4 Å². The number of benzene rings is 1. The van der Waals surface area contributed by atoms with Crippen molar-refractivity contribution in [2.75, 3.05) is 18.2 Å². The highest BCUT2D eigenvalue weighted by atomic mass is 32.2. The minimum atomic E-state index is -2.50. The Balaban J connectivity index is 1.84. The predicted molar refractivity (Wildman–Crippen MR) is 91.7 cm³/mol. The van der Waals surface area contributed by atoms with E-state index in [9.17, 15) is 23.2 Å². The quantitative estimate of drug-likeness (QED) is 0.572. The molecule has 2 atom stereocenters. The molecule has 25 heavy (non-hydrogen) atoms. The normalized spacial score (nSPS) is 20.1. The van der Waals surface area contributed by atoms with E-state index in [0.717, 1.165) is 0 Å². The van der Waals surface area contributed by atoms with E-state index >= 15 is 0 Å². The van der Waals surface area contributed by atoms with Crippen LogP contribution in [-0.4, -0.2) is 47.7 Å². The first kappa shape index (κ1) is 19.5. The van der Waals surface area contributed by atoms with Crippen molar-refractivity contribution in [3.8, 4) is 0 Å². The van der Waals surface area contributed by atoms with E-state index in [1.807, 2.05) is 0 Å². The van der Waals surface area contributed by atoms with Crippen LogP contribution in [0.2, 0.25) is 0 Å². The fourth-order valence-corrected chi connectivity index (χ4v) is 3.75. The number of ether oxygens (including phenoxy) is 1. The van der Waals surface area contributed by atoms with Crippen LogP contribution in [0.4, 0.5) is 14.5 Å². The van der Waals surface area contributed by atoms with Gasteiger partial charge in [-0.2, -0.15) is 8.78 Å². The molecular weight excluding hydrogens is 374 g/mol. The summed E-state index contributed by atoms with van der Waals surface area (Å²) in [6.07, 6.45) is -0.0576. The van der Waals surface area contributed by atoms with Gasteiger partial charge in [-0.25, -0.2) is 4.79 Å². The predicted octanol–water partition coefficient (Wildman–Crippen LogP) is 2.10. The Bertz CT molecular complexity index is 643. The molecule has 10 heteroatoms. The van der Waals surface area contributed by atoms with Crippen molar-refractivity contribution in [1.29, 1.82) is 0 Å². The lowest BCUT2D eigenvalue weighted by atomic mass is 10.2. The van der Waals surface area contributed by atoms with Gasteiger partial charge in [-0.05, 0) is 24.3 Å². The number of carbonyl (C=O) groups is 3. The fraction of sp³-hybridized carbons (Fsp3) is 0.400. The van der Waals surface area contributed by atoms with Crippen molar-refractivity contribution in [3.63, 3.8) is 0 Å². The van der Waals surface area contributed by atoms with E-state index < -0.39 is 28.9 Å². The maximum atomic E-state index is 12.3. The highest BCUT2D eigenvalue weighted by molar-refractivity contribution is 8.00. The Hall–Kier alpha value is -1.81. The van der Waals surface area contributed by atoms with Crippen LogP contribution in [0.5, 0.6) is 0 Å². The molecule has 0 aromatic heterocycles. The summed E-state index contributed by atoms with van der Waals surface area (Å²) in [6, 6.07) is 5.29. The second kappa shape index (κ2) is 9.04. The molecule has 0 saturated carbocycles. The molecule has 0 radical (unpaired) electrons. The molecule has 2 N–H and O–H groups in total. The van der Waals surface area contributed by atoms with Crippen LogP contribution in [0.3, 0.4) is 0 Å². The maximum Gasteiger partial charge on any atom is 0.329 e. The number of anilines is 1. The molecule has 1 aromatic rings. The van der Waals surface area contributed by atoms with E-state index in [-0.39, 0.29) is 12.3 Å². The summed E-state index contributed by atoms with van der Waals surface area (Å²) < 4.78 is 29.1. The molecule has 1 aliphatic rings. The van der Waals surface area contributed by atoms with Crippen LogP contribution in [0.15, 0.2) is 29.2 Å². The molecule has 1 aromatic carbocycles. The van der Waals surface area contributed by atoms with E-state index in [0.29, 0.717) is 28.1 Å². The average Bonchev–Trinajstić information content (AvgIpc) is 2.57. The number of methoxy groups -OCH3 is 1. The number of nitrogens with one attached hydrogen (secondary N) is 2. The number of hydrogen-bond acceptors (Lipinski definition) is 6. The Labute approximate surface area is 151 Å². The Morgan fingerprint density at radius 3 is 2.64 bits per heavy atom. The third-order valence-electron chi connectivity index (χ3n) is 3.29. The zero-order valence-electron chi connectivity index (χ0n) is 13.2. The highest BCUT2D eigenvalue weighted by Gasteiger charge is 2.34. The van der Waals surface area contributed by atoms with Gasteiger partial charge in [0.25, 0.3) is 5.76 Å². The van der Waals surface area contributed by atoms with Crippen LogP contribution in [0.1, 0.15) is 6.42 Å². The number of esters is 1.